The number of anilines is 1. The lowest BCUT2D eigenvalue weighted by molar-refractivity contribution is 0.102. The van der Waals surface area contributed by atoms with E-state index in [0.717, 1.165) is 11.3 Å². The zero-order valence-electron chi connectivity index (χ0n) is 13.5. The van der Waals surface area contributed by atoms with E-state index < -0.39 is 0 Å². The molecule has 0 aliphatic rings. The average molecular weight is 308 g/mol. The summed E-state index contributed by atoms with van der Waals surface area (Å²) in [7, 11) is 0. The molecule has 0 aliphatic carbocycles. The highest BCUT2D eigenvalue weighted by Gasteiger charge is 2.09. The van der Waals surface area contributed by atoms with Crippen molar-refractivity contribution >= 4 is 11.6 Å². The van der Waals surface area contributed by atoms with Crippen LogP contribution in [0.4, 0.5) is 5.69 Å². The lowest BCUT2D eigenvalue weighted by Gasteiger charge is -2.07. The van der Waals surface area contributed by atoms with Crippen molar-refractivity contribution in [2.75, 3.05) is 5.32 Å². The number of hydrogen-bond acceptors (Lipinski definition) is 3. The summed E-state index contributed by atoms with van der Waals surface area (Å²) in [5.74, 6) is 0.421. The molecule has 0 bridgehead atoms. The number of aromatic nitrogens is 3. The van der Waals surface area contributed by atoms with Gasteiger partial charge < -0.3 is 5.32 Å². The molecule has 3 rings (SSSR count). The first-order valence-corrected chi connectivity index (χ1v) is 7.56. The largest absolute Gasteiger partial charge is 0.321 e. The van der Waals surface area contributed by atoms with Gasteiger partial charge in [0.25, 0.3) is 5.91 Å². The van der Waals surface area contributed by atoms with Crippen LogP contribution in [0.15, 0.2) is 61.2 Å². The number of aryl methyl sites for hydroxylation is 1. The third-order valence-electron chi connectivity index (χ3n) is 3.05. The molecule has 0 fully saturated rings. The monoisotopic (exact) mass is 308 g/mol. The lowest BCUT2D eigenvalue weighted by Crippen LogP contribution is -2.14. The van der Waals surface area contributed by atoms with Gasteiger partial charge in [-0.3, -0.25) is 9.36 Å². The van der Waals surface area contributed by atoms with Crippen LogP contribution in [-0.4, -0.2) is 20.4 Å². The summed E-state index contributed by atoms with van der Waals surface area (Å²) in [5.41, 5.74) is 2.26. The Balaban J connectivity index is 0.000000924. The standard InChI is InChI=1S/C16H14N4O.C2H6/c1-12-5-7-13(8-6-12)18-16(21)14-3-2-4-15(19-14)20-10-9-17-11-20;1-2/h2-11H,1H3,(H,18,21);1-2H3. The summed E-state index contributed by atoms with van der Waals surface area (Å²) in [6.45, 7) is 6.00. The van der Waals surface area contributed by atoms with Crippen molar-refractivity contribution in [2.24, 2.45) is 0 Å². The number of benzene rings is 1. The Bertz CT molecular complexity index is 749. The minimum Gasteiger partial charge on any atom is -0.321 e. The fourth-order valence-electron chi connectivity index (χ4n) is 1.92. The van der Waals surface area contributed by atoms with Gasteiger partial charge in [0.05, 0.1) is 0 Å². The summed E-state index contributed by atoms with van der Waals surface area (Å²) in [6.07, 6.45) is 5.09. The molecular formula is C18H20N4O. The van der Waals surface area contributed by atoms with Crippen LogP contribution in [0.1, 0.15) is 29.9 Å². The molecule has 5 nitrogen and oxygen atoms in total. The summed E-state index contributed by atoms with van der Waals surface area (Å²) >= 11 is 0. The number of nitrogens with zero attached hydrogens (tertiary/aromatic N) is 3. The molecule has 2 aromatic heterocycles. The van der Waals surface area contributed by atoms with Crippen molar-refractivity contribution in [3.63, 3.8) is 0 Å². The molecule has 0 aliphatic heterocycles. The molecule has 0 radical (unpaired) electrons. The van der Waals surface area contributed by atoms with E-state index in [1.165, 1.54) is 0 Å². The van der Waals surface area contributed by atoms with E-state index in [1.807, 2.05) is 51.1 Å². The number of hydrogen-bond donors (Lipinski definition) is 1. The Morgan fingerprint density at radius 3 is 2.48 bits per heavy atom. The van der Waals surface area contributed by atoms with Crippen molar-refractivity contribution in [3.8, 4) is 5.82 Å². The second-order valence-electron chi connectivity index (χ2n) is 4.67. The Hall–Kier alpha value is -2.95. The molecule has 0 atom stereocenters. The Labute approximate surface area is 136 Å². The van der Waals surface area contributed by atoms with Gasteiger partial charge in [-0.25, -0.2) is 9.97 Å². The first-order valence-electron chi connectivity index (χ1n) is 7.56. The lowest BCUT2D eigenvalue weighted by atomic mass is 10.2. The average Bonchev–Trinajstić information content (AvgIpc) is 3.13. The van der Waals surface area contributed by atoms with Crippen LogP contribution in [0.2, 0.25) is 0 Å². The minimum absolute atomic E-state index is 0.235. The Morgan fingerprint density at radius 2 is 1.83 bits per heavy atom. The van der Waals surface area contributed by atoms with Gasteiger partial charge in [-0.05, 0) is 31.2 Å². The highest BCUT2D eigenvalue weighted by molar-refractivity contribution is 6.02. The van der Waals surface area contributed by atoms with Gasteiger partial charge in [0.1, 0.15) is 17.8 Å². The molecule has 3 aromatic rings. The first kappa shape index (κ1) is 16.4. The topological polar surface area (TPSA) is 59.8 Å². The predicted molar refractivity (Wildman–Crippen MR) is 91.8 cm³/mol. The Kier molecular flexibility index (Phi) is 5.63. The van der Waals surface area contributed by atoms with Gasteiger partial charge in [-0.1, -0.05) is 37.6 Å². The van der Waals surface area contributed by atoms with E-state index in [4.69, 9.17) is 0 Å². The number of nitrogens with one attached hydrogen (secondary N) is 1. The van der Waals surface area contributed by atoms with Crippen molar-refractivity contribution in [2.45, 2.75) is 20.8 Å². The molecule has 2 heterocycles. The molecule has 0 unspecified atom stereocenters. The molecule has 1 amide bonds. The van der Waals surface area contributed by atoms with Crippen LogP contribution in [-0.2, 0) is 0 Å². The number of pyridine rings is 1. The van der Waals surface area contributed by atoms with Crippen molar-refractivity contribution in [1.82, 2.24) is 14.5 Å². The third-order valence-corrected chi connectivity index (χ3v) is 3.05. The molecular weight excluding hydrogens is 288 g/mol. The number of imidazole rings is 1. The number of amides is 1. The maximum Gasteiger partial charge on any atom is 0.274 e. The van der Waals surface area contributed by atoms with Gasteiger partial charge in [0.2, 0.25) is 0 Å². The molecule has 0 saturated carbocycles. The Morgan fingerprint density at radius 1 is 1.09 bits per heavy atom. The summed E-state index contributed by atoms with van der Waals surface area (Å²) in [4.78, 5) is 20.5. The van der Waals surface area contributed by atoms with Crippen LogP contribution in [0.25, 0.3) is 5.82 Å². The van der Waals surface area contributed by atoms with Crippen LogP contribution in [0.3, 0.4) is 0 Å². The summed E-state index contributed by atoms with van der Waals surface area (Å²) in [6, 6.07) is 12.9. The molecule has 5 heteroatoms. The smallest absolute Gasteiger partial charge is 0.274 e. The van der Waals surface area contributed by atoms with E-state index in [-0.39, 0.29) is 5.91 Å². The van der Waals surface area contributed by atoms with Crippen LogP contribution in [0, 0.1) is 6.92 Å². The molecule has 1 aromatic carbocycles. The van der Waals surface area contributed by atoms with Crippen LogP contribution < -0.4 is 5.32 Å². The quantitative estimate of drug-likeness (QED) is 0.799. The fraction of sp³-hybridized carbons (Fsp3) is 0.167. The van der Waals surface area contributed by atoms with Crippen LogP contribution >= 0.6 is 0 Å². The summed E-state index contributed by atoms with van der Waals surface area (Å²) in [5, 5.41) is 2.83. The van der Waals surface area contributed by atoms with E-state index in [9.17, 15) is 4.79 Å². The summed E-state index contributed by atoms with van der Waals surface area (Å²) < 4.78 is 1.75. The number of rotatable bonds is 3. The van der Waals surface area contributed by atoms with E-state index in [1.54, 1.807) is 35.4 Å². The van der Waals surface area contributed by atoms with E-state index >= 15 is 0 Å². The van der Waals surface area contributed by atoms with Gasteiger partial charge in [-0.15, -0.1) is 0 Å². The van der Waals surface area contributed by atoms with Crippen molar-refractivity contribution in [3.05, 3.63) is 72.4 Å². The zero-order valence-corrected chi connectivity index (χ0v) is 13.5. The molecule has 23 heavy (non-hydrogen) atoms. The first-order chi connectivity index (χ1) is 11.2. The zero-order chi connectivity index (χ0) is 16.7. The van der Waals surface area contributed by atoms with Gasteiger partial charge >= 0.3 is 0 Å². The maximum absolute atomic E-state index is 12.2. The number of carbonyl (C=O) groups excluding carboxylic acids is 1. The SMILES string of the molecule is CC.Cc1ccc(NC(=O)c2cccc(-n3ccnc3)n2)cc1. The van der Waals surface area contributed by atoms with E-state index in [0.29, 0.717) is 11.5 Å². The normalized spacial score (nSPS) is 9.70. The second-order valence-corrected chi connectivity index (χ2v) is 4.67. The fourth-order valence-corrected chi connectivity index (χ4v) is 1.92. The predicted octanol–water partition coefficient (Wildman–Crippen LogP) is 3.85. The van der Waals surface area contributed by atoms with Crippen LogP contribution in [0.5, 0.6) is 0 Å². The minimum atomic E-state index is -0.235. The van der Waals surface area contributed by atoms with E-state index in [2.05, 4.69) is 15.3 Å². The van der Waals surface area contributed by atoms with Gasteiger partial charge in [0, 0.05) is 18.1 Å². The molecule has 118 valence electrons. The van der Waals surface area contributed by atoms with Crippen molar-refractivity contribution < 1.29 is 4.79 Å². The molecule has 0 saturated heterocycles. The van der Waals surface area contributed by atoms with Gasteiger partial charge in [-0.2, -0.15) is 0 Å². The number of carbonyl (C=O) groups is 1. The highest BCUT2D eigenvalue weighted by Crippen LogP contribution is 2.11. The molecule has 0 spiro atoms. The third kappa shape index (κ3) is 4.26. The highest BCUT2D eigenvalue weighted by atomic mass is 16.1. The molecule has 1 N–H and O–H groups in total. The maximum atomic E-state index is 12.2. The van der Waals surface area contributed by atoms with Crippen molar-refractivity contribution in [1.29, 1.82) is 0 Å². The second kappa shape index (κ2) is 7.89. The van der Waals surface area contributed by atoms with Gasteiger partial charge in [0.15, 0.2) is 0 Å².